The molecule has 0 spiro atoms. The minimum atomic E-state index is -4.28. The first-order chi connectivity index (χ1) is 9.88. The lowest BCUT2D eigenvalue weighted by Crippen LogP contribution is -2.37. The molecule has 0 saturated carbocycles. The van der Waals surface area contributed by atoms with Crippen LogP contribution in [0.1, 0.15) is 36.9 Å². The van der Waals surface area contributed by atoms with Gasteiger partial charge < -0.3 is 5.32 Å². The molecule has 21 heavy (non-hydrogen) atoms. The van der Waals surface area contributed by atoms with E-state index in [-0.39, 0.29) is 6.04 Å². The van der Waals surface area contributed by atoms with Crippen LogP contribution in [0, 0.1) is 5.92 Å². The van der Waals surface area contributed by atoms with E-state index >= 15 is 0 Å². The number of piperidine rings is 1. The van der Waals surface area contributed by atoms with Gasteiger partial charge in [-0.15, -0.1) is 0 Å². The lowest BCUT2D eigenvalue weighted by Gasteiger charge is -2.31. The van der Waals surface area contributed by atoms with Crippen molar-refractivity contribution in [2.24, 2.45) is 5.92 Å². The van der Waals surface area contributed by atoms with Crippen LogP contribution in [0.2, 0.25) is 0 Å². The van der Waals surface area contributed by atoms with Gasteiger partial charge in [0, 0.05) is 12.6 Å². The second kappa shape index (κ2) is 6.79. The predicted octanol–water partition coefficient (Wildman–Crippen LogP) is 3.70. The molecule has 2 atom stereocenters. The molecule has 5 heteroatoms. The van der Waals surface area contributed by atoms with Crippen molar-refractivity contribution in [2.75, 3.05) is 26.7 Å². The molecule has 0 bridgehead atoms. The first-order valence-corrected chi connectivity index (χ1v) is 7.46. The third kappa shape index (κ3) is 4.45. The molecule has 1 heterocycles. The van der Waals surface area contributed by atoms with Gasteiger partial charge in [-0.1, -0.05) is 12.1 Å². The van der Waals surface area contributed by atoms with E-state index in [0.29, 0.717) is 5.92 Å². The van der Waals surface area contributed by atoms with Crippen LogP contribution >= 0.6 is 0 Å². The summed E-state index contributed by atoms with van der Waals surface area (Å²) in [6.45, 7) is 4.94. The zero-order chi connectivity index (χ0) is 15.5. The van der Waals surface area contributed by atoms with Gasteiger partial charge >= 0.3 is 6.18 Å². The van der Waals surface area contributed by atoms with Crippen molar-refractivity contribution < 1.29 is 13.2 Å². The van der Waals surface area contributed by atoms with Crippen molar-refractivity contribution in [3.8, 4) is 0 Å². The fourth-order valence-electron chi connectivity index (χ4n) is 2.87. The van der Waals surface area contributed by atoms with Crippen LogP contribution in [0.5, 0.6) is 0 Å². The van der Waals surface area contributed by atoms with Gasteiger partial charge in [0.25, 0.3) is 0 Å². The molecule has 1 saturated heterocycles. The summed E-state index contributed by atoms with van der Waals surface area (Å²) in [6, 6.07) is 5.64. The van der Waals surface area contributed by atoms with Gasteiger partial charge in [-0.05, 0) is 63.5 Å². The Hall–Kier alpha value is -1.07. The van der Waals surface area contributed by atoms with Gasteiger partial charge in [0.2, 0.25) is 0 Å². The molecule has 1 N–H and O–H groups in total. The second-order valence-electron chi connectivity index (χ2n) is 5.95. The van der Waals surface area contributed by atoms with Crippen LogP contribution in [0.4, 0.5) is 13.2 Å². The summed E-state index contributed by atoms with van der Waals surface area (Å²) in [5.74, 6) is 0.581. The minimum absolute atomic E-state index is 0.0192. The van der Waals surface area contributed by atoms with Crippen molar-refractivity contribution in [1.82, 2.24) is 10.2 Å². The van der Waals surface area contributed by atoms with Crippen molar-refractivity contribution in [3.63, 3.8) is 0 Å². The van der Waals surface area contributed by atoms with Crippen molar-refractivity contribution in [1.29, 1.82) is 0 Å². The van der Waals surface area contributed by atoms with E-state index in [1.807, 2.05) is 14.0 Å². The first-order valence-electron chi connectivity index (χ1n) is 7.46. The van der Waals surface area contributed by atoms with Crippen LogP contribution in [-0.2, 0) is 6.18 Å². The fourth-order valence-corrected chi connectivity index (χ4v) is 2.87. The van der Waals surface area contributed by atoms with Crippen molar-refractivity contribution in [2.45, 2.75) is 32.0 Å². The van der Waals surface area contributed by atoms with Crippen LogP contribution in [0.3, 0.4) is 0 Å². The molecule has 0 radical (unpaired) electrons. The molecule has 0 aromatic heterocycles. The molecule has 2 nitrogen and oxygen atoms in total. The van der Waals surface area contributed by atoms with Crippen LogP contribution < -0.4 is 5.32 Å². The Kier molecular flexibility index (Phi) is 5.27. The molecule has 1 aromatic carbocycles. The number of hydrogen-bond acceptors (Lipinski definition) is 2. The van der Waals surface area contributed by atoms with Gasteiger partial charge in [0.15, 0.2) is 0 Å². The molecule has 0 amide bonds. The summed E-state index contributed by atoms with van der Waals surface area (Å²) in [4.78, 5) is 2.15. The first kappa shape index (κ1) is 16.3. The third-order valence-corrected chi connectivity index (χ3v) is 4.30. The topological polar surface area (TPSA) is 15.3 Å². The number of benzene rings is 1. The van der Waals surface area contributed by atoms with E-state index in [9.17, 15) is 13.2 Å². The number of nitrogens with zero attached hydrogens (tertiary/aromatic N) is 1. The van der Waals surface area contributed by atoms with E-state index in [4.69, 9.17) is 0 Å². The molecule has 1 fully saturated rings. The molecule has 0 aliphatic carbocycles. The van der Waals surface area contributed by atoms with E-state index in [0.717, 1.165) is 31.3 Å². The Morgan fingerprint density at radius 3 is 2.76 bits per heavy atom. The van der Waals surface area contributed by atoms with E-state index < -0.39 is 11.7 Å². The van der Waals surface area contributed by atoms with Crippen LogP contribution in [0.15, 0.2) is 24.3 Å². The molecule has 2 rings (SSSR count). The van der Waals surface area contributed by atoms with Gasteiger partial charge in [-0.3, -0.25) is 4.90 Å². The van der Waals surface area contributed by atoms with Gasteiger partial charge in [-0.2, -0.15) is 13.2 Å². The summed E-state index contributed by atoms with van der Waals surface area (Å²) >= 11 is 0. The minimum Gasteiger partial charge on any atom is -0.316 e. The number of nitrogens with one attached hydrogen (secondary N) is 1. The highest BCUT2D eigenvalue weighted by Crippen LogP contribution is 2.31. The van der Waals surface area contributed by atoms with Gasteiger partial charge in [0.1, 0.15) is 0 Å². The smallest absolute Gasteiger partial charge is 0.316 e. The Labute approximate surface area is 124 Å². The van der Waals surface area contributed by atoms with E-state index in [2.05, 4.69) is 10.2 Å². The summed E-state index contributed by atoms with van der Waals surface area (Å²) in [5, 5.41) is 3.37. The van der Waals surface area contributed by atoms with Crippen molar-refractivity contribution in [3.05, 3.63) is 35.4 Å². The molecule has 118 valence electrons. The maximum atomic E-state index is 12.8. The average Bonchev–Trinajstić information content (AvgIpc) is 2.46. The largest absolute Gasteiger partial charge is 0.416 e. The highest BCUT2D eigenvalue weighted by molar-refractivity contribution is 5.27. The summed E-state index contributed by atoms with van der Waals surface area (Å²) in [7, 11) is 1.99. The number of rotatable bonds is 4. The Bertz CT molecular complexity index is 453. The molecular weight excluding hydrogens is 277 g/mol. The quantitative estimate of drug-likeness (QED) is 0.912. The molecule has 1 aliphatic rings. The van der Waals surface area contributed by atoms with E-state index in [1.54, 1.807) is 6.07 Å². The third-order valence-electron chi connectivity index (χ3n) is 4.30. The lowest BCUT2D eigenvalue weighted by atomic mass is 9.97. The zero-order valence-corrected chi connectivity index (χ0v) is 12.6. The molecule has 2 unspecified atom stereocenters. The SMILES string of the molecule is CC(c1cccc(C(F)(F)F)c1)N(C)CC1CCCNC1. The maximum absolute atomic E-state index is 12.8. The van der Waals surface area contributed by atoms with Crippen LogP contribution in [-0.4, -0.2) is 31.6 Å². The molecule has 1 aromatic rings. The number of halogens is 3. The Morgan fingerprint density at radius 2 is 2.14 bits per heavy atom. The van der Waals surface area contributed by atoms with Crippen molar-refractivity contribution >= 4 is 0 Å². The standard InChI is InChI=1S/C16H23F3N2/c1-12(21(2)11-13-5-4-8-20-10-13)14-6-3-7-15(9-14)16(17,18)19/h3,6-7,9,12-13,20H,4-5,8,10-11H2,1-2H3. The monoisotopic (exact) mass is 300 g/mol. The van der Waals surface area contributed by atoms with Gasteiger partial charge in [-0.25, -0.2) is 0 Å². The molecule has 1 aliphatic heterocycles. The summed E-state index contributed by atoms with van der Waals surface area (Å²) < 4.78 is 38.3. The number of alkyl halides is 3. The average molecular weight is 300 g/mol. The summed E-state index contributed by atoms with van der Waals surface area (Å²) in [5.41, 5.74) is 0.149. The highest BCUT2D eigenvalue weighted by Gasteiger charge is 2.31. The van der Waals surface area contributed by atoms with Crippen LogP contribution in [0.25, 0.3) is 0 Å². The lowest BCUT2D eigenvalue weighted by molar-refractivity contribution is -0.137. The fraction of sp³-hybridized carbons (Fsp3) is 0.625. The highest BCUT2D eigenvalue weighted by atomic mass is 19.4. The second-order valence-corrected chi connectivity index (χ2v) is 5.95. The predicted molar refractivity (Wildman–Crippen MR) is 78.1 cm³/mol. The normalized spacial score (nSPS) is 21.5. The summed E-state index contributed by atoms with van der Waals surface area (Å²) in [6.07, 6.45) is -1.91. The van der Waals surface area contributed by atoms with Gasteiger partial charge in [0.05, 0.1) is 5.56 Å². The molecular formula is C16H23F3N2. The number of hydrogen-bond donors (Lipinski definition) is 1. The zero-order valence-electron chi connectivity index (χ0n) is 12.6. The Balaban J connectivity index is 2.02. The van der Waals surface area contributed by atoms with E-state index in [1.165, 1.54) is 25.0 Å². The maximum Gasteiger partial charge on any atom is 0.416 e. The Morgan fingerprint density at radius 1 is 1.38 bits per heavy atom.